The lowest BCUT2D eigenvalue weighted by Crippen LogP contribution is -1.98. The third kappa shape index (κ3) is 17.5. The van der Waals surface area contributed by atoms with E-state index in [-0.39, 0.29) is 0 Å². The van der Waals surface area contributed by atoms with Gasteiger partial charge in [0.2, 0.25) is 0 Å². The van der Waals surface area contributed by atoms with Gasteiger partial charge in [-0.1, -0.05) is 57.9 Å². The first kappa shape index (κ1) is 19.5. The lowest BCUT2D eigenvalue weighted by molar-refractivity contribution is 0.124. The van der Waals surface area contributed by atoms with Gasteiger partial charge in [-0.25, -0.2) is 0 Å². The second-order valence-electron chi connectivity index (χ2n) is 5.49. The molecule has 0 bridgehead atoms. The Kier molecular flexibility index (Phi) is 18.0. The fraction of sp³-hybridized carbons (Fsp3) is 0.889. The Labute approximate surface area is 126 Å². The summed E-state index contributed by atoms with van der Waals surface area (Å²) in [6.07, 6.45) is 18.1. The maximum atomic E-state index is 5.65. The lowest BCUT2D eigenvalue weighted by atomic mass is 10.1. The number of hydrogen-bond donors (Lipinski definition) is 0. The van der Waals surface area contributed by atoms with Crippen molar-refractivity contribution in [2.45, 2.75) is 84.5 Å². The molecule has 0 aliphatic rings. The monoisotopic (exact) mass is 284 g/mol. The molecule has 0 unspecified atom stereocenters. The van der Waals surface area contributed by atoms with E-state index in [0.29, 0.717) is 0 Å². The summed E-state index contributed by atoms with van der Waals surface area (Å²) in [5.74, 6) is 0. The normalized spacial score (nSPS) is 11.3. The van der Waals surface area contributed by atoms with Gasteiger partial charge in [-0.15, -0.1) is 0 Å². The van der Waals surface area contributed by atoms with Crippen molar-refractivity contribution in [2.75, 3.05) is 19.8 Å². The maximum absolute atomic E-state index is 5.65. The van der Waals surface area contributed by atoms with Crippen LogP contribution in [-0.2, 0) is 9.47 Å². The highest BCUT2D eigenvalue weighted by molar-refractivity contribution is 4.64. The van der Waals surface area contributed by atoms with Crippen LogP contribution in [0.5, 0.6) is 0 Å². The molecule has 0 rings (SSSR count). The second-order valence-corrected chi connectivity index (χ2v) is 5.49. The summed E-state index contributed by atoms with van der Waals surface area (Å²) < 4.78 is 10.9. The zero-order chi connectivity index (χ0) is 14.7. The molecule has 2 nitrogen and oxygen atoms in total. The molecule has 0 heterocycles. The molecule has 0 radical (unpaired) electrons. The zero-order valence-corrected chi connectivity index (χ0v) is 13.9. The van der Waals surface area contributed by atoms with E-state index in [4.69, 9.17) is 9.47 Å². The highest BCUT2D eigenvalue weighted by Gasteiger charge is 1.93. The summed E-state index contributed by atoms with van der Waals surface area (Å²) in [6.45, 7) is 6.94. The number of rotatable bonds is 16. The van der Waals surface area contributed by atoms with Crippen LogP contribution >= 0.6 is 0 Å². The van der Waals surface area contributed by atoms with E-state index in [1.54, 1.807) is 6.26 Å². The van der Waals surface area contributed by atoms with E-state index in [1.165, 1.54) is 57.8 Å². The van der Waals surface area contributed by atoms with Crippen molar-refractivity contribution in [1.82, 2.24) is 0 Å². The summed E-state index contributed by atoms with van der Waals surface area (Å²) in [5, 5.41) is 0. The standard InChI is InChI=1S/C18H36O2/c1-3-5-6-7-8-9-10-12-17-20-18-14-11-13-16-19-15-4-2/h4,15H,3,5-14,16-18H2,1-2H3. The average molecular weight is 284 g/mol. The van der Waals surface area contributed by atoms with E-state index in [1.807, 2.05) is 13.0 Å². The van der Waals surface area contributed by atoms with E-state index < -0.39 is 0 Å². The molecule has 120 valence electrons. The summed E-state index contributed by atoms with van der Waals surface area (Å²) in [6, 6.07) is 0. The number of allylic oxidation sites excluding steroid dienone is 1. The van der Waals surface area contributed by atoms with Gasteiger partial charge >= 0.3 is 0 Å². The fourth-order valence-electron chi connectivity index (χ4n) is 2.17. The van der Waals surface area contributed by atoms with Gasteiger partial charge in [0, 0.05) is 13.2 Å². The molecule has 0 aliphatic carbocycles. The largest absolute Gasteiger partial charge is 0.502 e. The first-order valence-electron chi connectivity index (χ1n) is 8.72. The Morgan fingerprint density at radius 2 is 1.15 bits per heavy atom. The first-order valence-corrected chi connectivity index (χ1v) is 8.72. The van der Waals surface area contributed by atoms with Crippen LogP contribution < -0.4 is 0 Å². The topological polar surface area (TPSA) is 18.5 Å². The van der Waals surface area contributed by atoms with Gasteiger partial charge in [0.1, 0.15) is 0 Å². The van der Waals surface area contributed by atoms with Crippen LogP contribution in [0.2, 0.25) is 0 Å². The van der Waals surface area contributed by atoms with Crippen LogP contribution in [0.4, 0.5) is 0 Å². The van der Waals surface area contributed by atoms with Gasteiger partial charge in [-0.05, 0) is 32.6 Å². The van der Waals surface area contributed by atoms with Gasteiger partial charge in [0.05, 0.1) is 12.9 Å². The fourth-order valence-corrected chi connectivity index (χ4v) is 2.17. The minimum atomic E-state index is 0.836. The summed E-state index contributed by atoms with van der Waals surface area (Å²) in [5.41, 5.74) is 0. The van der Waals surface area contributed by atoms with Crippen molar-refractivity contribution in [2.24, 2.45) is 0 Å². The van der Waals surface area contributed by atoms with Crippen LogP contribution in [0.15, 0.2) is 12.3 Å². The molecule has 0 aromatic rings. The van der Waals surface area contributed by atoms with Crippen molar-refractivity contribution in [3.63, 3.8) is 0 Å². The molecule has 0 atom stereocenters. The van der Waals surface area contributed by atoms with Crippen molar-refractivity contribution in [3.8, 4) is 0 Å². The Morgan fingerprint density at radius 3 is 1.75 bits per heavy atom. The van der Waals surface area contributed by atoms with E-state index in [2.05, 4.69) is 6.92 Å². The van der Waals surface area contributed by atoms with Crippen LogP contribution in [0.1, 0.15) is 84.5 Å². The van der Waals surface area contributed by atoms with Crippen molar-refractivity contribution in [1.29, 1.82) is 0 Å². The lowest BCUT2D eigenvalue weighted by Gasteiger charge is -2.05. The average Bonchev–Trinajstić information content (AvgIpc) is 2.47. The molecule has 0 N–H and O–H groups in total. The highest BCUT2D eigenvalue weighted by Crippen LogP contribution is 2.08. The molecule has 20 heavy (non-hydrogen) atoms. The van der Waals surface area contributed by atoms with E-state index in [0.717, 1.165) is 32.7 Å². The highest BCUT2D eigenvalue weighted by atomic mass is 16.5. The molecular weight excluding hydrogens is 248 g/mol. The Hall–Kier alpha value is -0.500. The molecule has 0 aromatic carbocycles. The van der Waals surface area contributed by atoms with Crippen LogP contribution in [0.25, 0.3) is 0 Å². The molecule has 0 aliphatic heterocycles. The predicted molar refractivity (Wildman–Crippen MR) is 88.0 cm³/mol. The van der Waals surface area contributed by atoms with Crippen LogP contribution in [0.3, 0.4) is 0 Å². The molecule has 0 saturated heterocycles. The van der Waals surface area contributed by atoms with Crippen molar-refractivity contribution < 1.29 is 9.47 Å². The first-order chi connectivity index (χ1) is 9.91. The van der Waals surface area contributed by atoms with Crippen LogP contribution in [-0.4, -0.2) is 19.8 Å². The molecule has 0 spiro atoms. The van der Waals surface area contributed by atoms with Gasteiger partial charge < -0.3 is 9.47 Å². The molecule has 0 fully saturated rings. The van der Waals surface area contributed by atoms with E-state index >= 15 is 0 Å². The number of unbranched alkanes of at least 4 members (excludes halogenated alkanes) is 9. The molecular formula is C18H36O2. The summed E-state index contributed by atoms with van der Waals surface area (Å²) in [7, 11) is 0. The summed E-state index contributed by atoms with van der Waals surface area (Å²) in [4.78, 5) is 0. The van der Waals surface area contributed by atoms with Crippen molar-refractivity contribution in [3.05, 3.63) is 12.3 Å². The summed E-state index contributed by atoms with van der Waals surface area (Å²) >= 11 is 0. The maximum Gasteiger partial charge on any atom is 0.0873 e. The Bertz CT molecular complexity index is 190. The minimum Gasteiger partial charge on any atom is -0.502 e. The third-order valence-corrected chi connectivity index (χ3v) is 3.43. The van der Waals surface area contributed by atoms with Gasteiger partial charge in [-0.2, -0.15) is 0 Å². The second kappa shape index (κ2) is 18.5. The van der Waals surface area contributed by atoms with Gasteiger partial charge in [-0.3, -0.25) is 0 Å². The molecule has 0 saturated carbocycles. The Balaban J connectivity index is 2.92. The SMILES string of the molecule is CC=COCCCCCOCCCCCCCCCC. The predicted octanol–water partition coefficient (Wildman–Crippen LogP) is 5.86. The van der Waals surface area contributed by atoms with Gasteiger partial charge in [0.15, 0.2) is 0 Å². The Morgan fingerprint density at radius 1 is 0.650 bits per heavy atom. The number of hydrogen-bond acceptors (Lipinski definition) is 2. The van der Waals surface area contributed by atoms with Crippen molar-refractivity contribution >= 4 is 0 Å². The minimum absolute atomic E-state index is 0.836. The third-order valence-electron chi connectivity index (χ3n) is 3.43. The number of ether oxygens (including phenoxy) is 2. The zero-order valence-electron chi connectivity index (χ0n) is 13.9. The van der Waals surface area contributed by atoms with Gasteiger partial charge in [0.25, 0.3) is 0 Å². The van der Waals surface area contributed by atoms with E-state index in [9.17, 15) is 0 Å². The quantitative estimate of drug-likeness (QED) is 0.261. The molecule has 2 heteroatoms. The smallest absolute Gasteiger partial charge is 0.0873 e. The van der Waals surface area contributed by atoms with Crippen LogP contribution in [0, 0.1) is 0 Å². The molecule has 0 amide bonds. The molecule has 0 aromatic heterocycles.